The van der Waals surface area contributed by atoms with Crippen molar-refractivity contribution in [2.75, 3.05) is 31.5 Å². The average molecular weight is 438 g/mol. The number of amides is 2. The number of anilines is 1. The Kier molecular flexibility index (Phi) is 8.40. The van der Waals surface area contributed by atoms with Gasteiger partial charge in [0.1, 0.15) is 0 Å². The molecular weight excluding hydrogens is 409 g/mol. The van der Waals surface area contributed by atoms with Crippen LogP contribution in [-0.2, 0) is 9.59 Å². The van der Waals surface area contributed by atoms with Crippen LogP contribution in [0.4, 0.5) is 5.69 Å². The van der Waals surface area contributed by atoms with Gasteiger partial charge in [0.05, 0.1) is 16.6 Å². The molecule has 0 atom stereocenters. The third-order valence-electron chi connectivity index (χ3n) is 5.66. The SMILES string of the molecule is O=C(CN1CCC(C(=O)NCCC2=CCCCC2)CC1)Nc1ccc(Cl)c(Cl)c1. The summed E-state index contributed by atoms with van der Waals surface area (Å²) in [5.74, 6) is 0.109. The van der Waals surface area contributed by atoms with E-state index in [0.717, 1.165) is 38.9 Å². The number of carbonyl (C=O) groups excluding carboxylic acids is 2. The van der Waals surface area contributed by atoms with Crippen molar-refractivity contribution >= 4 is 40.7 Å². The van der Waals surface area contributed by atoms with Crippen LogP contribution in [0.25, 0.3) is 0 Å². The van der Waals surface area contributed by atoms with Crippen molar-refractivity contribution in [3.05, 3.63) is 39.9 Å². The maximum atomic E-state index is 12.4. The molecule has 0 radical (unpaired) electrons. The van der Waals surface area contributed by atoms with E-state index in [1.165, 1.54) is 31.3 Å². The number of allylic oxidation sites excluding steroid dienone is 1. The van der Waals surface area contributed by atoms with E-state index >= 15 is 0 Å². The third-order valence-corrected chi connectivity index (χ3v) is 6.40. The summed E-state index contributed by atoms with van der Waals surface area (Å²) in [6.07, 6.45) is 9.80. The number of benzene rings is 1. The number of carbonyl (C=O) groups is 2. The first-order valence-electron chi connectivity index (χ1n) is 10.4. The lowest BCUT2D eigenvalue weighted by molar-refractivity contribution is -0.126. The van der Waals surface area contributed by atoms with E-state index in [4.69, 9.17) is 23.2 Å². The molecule has 0 bridgehead atoms. The van der Waals surface area contributed by atoms with Gasteiger partial charge in [-0.25, -0.2) is 0 Å². The lowest BCUT2D eigenvalue weighted by Crippen LogP contribution is -2.43. The largest absolute Gasteiger partial charge is 0.356 e. The van der Waals surface area contributed by atoms with Gasteiger partial charge in [0.2, 0.25) is 11.8 Å². The van der Waals surface area contributed by atoms with E-state index in [1.807, 2.05) is 0 Å². The number of piperidine rings is 1. The lowest BCUT2D eigenvalue weighted by Gasteiger charge is -2.30. The first kappa shape index (κ1) is 22.1. The quantitative estimate of drug-likeness (QED) is 0.610. The summed E-state index contributed by atoms with van der Waals surface area (Å²) in [7, 11) is 0. The van der Waals surface area contributed by atoms with Crippen molar-refractivity contribution in [3.63, 3.8) is 0 Å². The van der Waals surface area contributed by atoms with Crippen molar-refractivity contribution in [2.24, 2.45) is 5.92 Å². The second-order valence-electron chi connectivity index (χ2n) is 7.88. The minimum absolute atomic E-state index is 0.0460. The topological polar surface area (TPSA) is 61.4 Å². The normalized spacial score (nSPS) is 18.2. The zero-order valence-electron chi connectivity index (χ0n) is 16.7. The summed E-state index contributed by atoms with van der Waals surface area (Å²) in [4.78, 5) is 26.8. The van der Waals surface area contributed by atoms with Crippen LogP contribution in [0.5, 0.6) is 0 Å². The number of hydrogen-bond acceptors (Lipinski definition) is 3. The molecule has 2 aliphatic rings. The fraction of sp³-hybridized carbons (Fsp3) is 0.545. The van der Waals surface area contributed by atoms with Crippen molar-refractivity contribution in [1.29, 1.82) is 0 Å². The van der Waals surface area contributed by atoms with Crippen LogP contribution < -0.4 is 10.6 Å². The Morgan fingerprint density at radius 3 is 2.59 bits per heavy atom. The van der Waals surface area contributed by atoms with Gasteiger partial charge in [0, 0.05) is 18.2 Å². The van der Waals surface area contributed by atoms with Crippen LogP contribution in [0, 0.1) is 5.92 Å². The summed E-state index contributed by atoms with van der Waals surface area (Å²) in [6.45, 7) is 2.54. The molecule has 0 saturated carbocycles. The predicted octanol–water partition coefficient (Wildman–Crippen LogP) is 4.65. The van der Waals surface area contributed by atoms with Crippen molar-refractivity contribution < 1.29 is 9.59 Å². The van der Waals surface area contributed by atoms with Crippen LogP contribution in [0.3, 0.4) is 0 Å². The highest BCUT2D eigenvalue weighted by molar-refractivity contribution is 6.42. The Bertz CT molecular complexity index is 758. The number of hydrogen-bond donors (Lipinski definition) is 2. The molecule has 2 N–H and O–H groups in total. The van der Waals surface area contributed by atoms with Crippen LogP contribution in [0.2, 0.25) is 10.0 Å². The molecule has 3 rings (SSSR count). The van der Waals surface area contributed by atoms with E-state index in [9.17, 15) is 9.59 Å². The summed E-state index contributed by atoms with van der Waals surface area (Å²) >= 11 is 11.9. The minimum atomic E-state index is -0.0907. The Morgan fingerprint density at radius 1 is 1.10 bits per heavy atom. The summed E-state index contributed by atoms with van der Waals surface area (Å²) in [6, 6.07) is 5.03. The van der Waals surface area contributed by atoms with E-state index in [-0.39, 0.29) is 17.7 Å². The molecule has 7 heteroatoms. The molecule has 1 saturated heterocycles. The number of nitrogens with one attached hydrogen (secondary N) is 2. The summed E-state index contributed by atoms with van der Waals surface area (Å²) < 4.78 is 0. The van der Waals surface area contributed by atoms with Gasteiger partial charge >= 0.3 is 0 Å². The Hall–Kier alpha value is -1.56. The Balaban J connectivity index is 1.34. The van der Waals surface area contributed by atoms with Gasteiger partial charge in [-0.2, -0.15) is 0 Å². The molecule has 0 unspecified atom stereocenters. The van der Waals surface area contributed by atoms with Crippen LogP contribution >= 0.6 is 23.2 Å². The molecule has 158 valence electrons. The Morgan fingerprint density at radius 2 is 1.90 bits per heavy atom. The minimum Gasteiger partial charge on any atom is -0.356 e. The highest BCUT2D eigenvalue weighted by Crippen LogP contribution is 2.25. The van der Waals surface area contributed by atoms with Gasteiger partial charge in [0.15, 0.2) is 0 Å². The number of nitrogens with zero attached hydrogens (tertiary/aromatic N) is 1. The fourth-order valence-corrected chi connectivity index (χ4v) is 4.25. The van der Waals surface area contributed by atoms with Gasteiger partial charge in [-0.15, -0.1) is 0 Å². The fourth-order valence-electron chi connectivity index (χ4n) is 3.95. The zero-order valence-corrected chi connectivity index (χ0v) is 18.2. The Labute approximate surface area is 182 Å². The third kappa shape index (κ3) is 7.02. The molecule has 1 aromatic carbocycles. The monoisotopic (exact) mass is 437 g/mol. The van der Waals surface area contributed by atoms with Crippen LogP contribution in [0.1, 0.15) is 44.9 Å². The molecule has 1 fully saturated rings. The average Bonchev–Trinajstić information content (AvgIpc) is 2.72. The van der Waals surface area contributed by atoms with E-state index in [0.29, 0.717) is 22.3 Å². The van der Waals surface area contributed by atoms with E-state index in [1.54, 1.807) is 18.2 Å². The van der Waals surface area contributed by atoms with Crippen molar-refractivity contribution in [2.45, 2.75) is 44.9 Å². The maximum absolute atomic E-state index is 12.4. The number of rotatable bonds is 7. The van der Waals surface area contributed by atoms with E-state index < -0.39 is 0 Å². The van der Waals surface area contributed by atoms with Crippen LogP contribution in [-0.4, -0.2) is 42.9 Å². The molecular formula is C22H29Cl2N3O2. The molecule has 2 amide bonds. The zero-order chi connectivity index (χ0) is 20.6. The summed E-state index contributed by atoms with van der Waals surface area (Å²) in [5, 5.41) is 6.81. The number of likely N-dealkylation sites (tertiary alicyclic amines) is 1. The molecule has 0 aromatic heterocycles. The lowest BCUT2D eigenvalue weighted by atomic mass is 9.95. The maximum Gasteiger partial charge on any atom is 0.238 e. The van der Waals surface area contributed by atoms with Crippen molar-refractivity contribution in [1.82, 2.24) is 10.2 Å². The predicted molar refractivity (Wildman–Crippen MR) is 118 cm³/mol. The summed E-state index contributed by atoms with van der Waals surface area (Å²) in [5.41, 5.74) is 2.12. The first-order chi connectivity index (χ1) is 14.0. The highest BCUT2D eigenvalue weighted by atomic mass is 35.5. The van der Waals surface area contributed by atoms with E-state index in [2.05, 4.69) is 21.6 Å². The molecule has 1 aliphatic heterocycles. The highest BCUT2D eigenvalue weighted by Gasteiger charge is 2.25. The van der Waals surface area contributed by atoms with Gasteiger partial charge in [-0.1, -0.05) is 34.9 Å². The first-order valence-corrected chi connectivity index (χ1v) is 11.2. The molecule has 1 heterocycles. The van der Waals surface area contributed by atoms with Crippen LogP contribution in [0.15, 0.2) is 29.8 Å². The smallest absolute Gasteiger partial charge is 0.238 e. The second-order valence-corrected chi connectivity index (χ2v) is 8.69. The van der Waals surface area contributed by atoms with Gasteiger partial charge in [0.25, 0.3) is 0 Å². The second kappa shape index (κ2) is 11.0. The molecule has 29 heavy (non-hydrogen) atoms. The molecule has 1 aliphatic carbocycles. The molecule has 5 nitrogen and oxygen atoms in total. The van der Waals surface area contributed by atoms with Crippen molar-refractivity contribution in [3.8, 4) is 0 Å². The number of halogens is 2. The molecule has 1 aromatic rings. The standard InChI is InChI=1S/C22H29Cl2N3O2/c23-19-7-6-18(14-20(19)24)26-21(28)15-27-12-9-17(10-13-27)22(29)25-11-8-16-4-2-1-3-5-16/h4,6-7,14,17H,1-3,5,8-13,15H2,(H,25,29)(H,26,28). The van der Waals surface area contributed by atoms with Gasteiger partial charge in [-0.05, 0) is 76.2 Å². The molecule has 0 spiro atoms. The van der Waals surface area contributed by atoms with Gasteiger partial charge < -0.3 is 10.6 Å². The van der Waals surface area contributed by atoms with Gasteiger partial charge in [-0.3, -0.25) is 14.5 Å².